The van der Waals surface area contributed by atoms with Crippen LogP contribution in [0, 0.1) is 36.4 Å². The summed E-state index contributed by atoms with van der Waals surface area (Å²) in [6.45, 7) is 8.25. The summed E-state index contributed by atoms with van der Waals surface area (Å²) in [5.74, 6) is 0.662. The van der Waals surface area contributed by atoms with Crippen molar-refractivity contribution in [3.63, 3.8) is 0 Å². The van der Waals surface area contributed by atoms with E-state index in [0.717, 1.165) is 31.2 Å². The number of para-hydroxylation sites is 1. The van der Waals surface area contributed by atoms with E-state index in [1.165, 1.54) is 6.07 Å². The van der Waals surface area contributed by atoms with Gasteiger partial charge in [-0.05, 0) is 86.9 Å². The molecule has 4 saturated heterocycles. The molecule has 5 fully saturated rings. The monoisotopic (exact) mass is 561 g/mol. The third kappa shape index (κ3) is 4.50. The van der Waals surface area contributed by atoms with Crippen molar-refractivity contribution in [3.8, 4) is 5.75 Å². The third-order valence-electron chi connectivity index (χ3n) is 9.55. The number of rotatable bonds is 5. The molecule has 0 amide bonds. The molecule has 3 aromatic rings. The highest BCUT2D eigenvalue weighted by Gasteiger charge is 2.69. The first-order chi connectivity index (χ1) is 19.8. The topological polar surface area (TPSA) is 83.4 Å². The third-order valence-corrected chi connectivity index (χ3v) is 9.55. The number of halogens is 1. The van der Waals surface area contributed by atoms with Crippen LogP contribution in [-0.2, 0) is 19.2 Å². The molecule has 1 N–H and O–H groups in total. The maximum absolute atomic E-state index is 14.2. The summed E-state index contributed by atoms with van der Waals surface area (Å²) in [6.07, 6.45) is 4.64. The first-order valence-corrected chi connectivity index (χ1v) is 14.6. The Labute approximate surface area is 239 Å². The van der Waals surface area contributed by atoms with Gasteiger partial charge in [0.05, 0.1) is 11.9 Å². The number of ether oxygens (including phenoxy) is 3. The van der Waals surface area contributed by atoms with Gasteiger partial charge in [0, 0.05) is 29.3 Å². The van der Waals surface area contributed by atoms with Crippen LogP contribution < -0.4 is 10.2 Å². The lowest BCUT2D eigenvalue weighted by Crippen LogP contribution is -2.70. The van der Waals surface area contributed by atoms with Gasteiger partial charge in [-0.15, -0.1) is 0 Å². The van der Waals surface area contributed by atoms with E-state index in [1.807, 2.05) is 50.2 Å². The van der Waals surface area contributed by atoms with Gasteiger partial charge in [0.2, 0.25) is 12.1 Å². The van der Waals surface area contributed by atoms with Crippen LogP contribution >= 0.6 is 0 Å². The molecule has 9 heteroatoms. The number of anilines is 1. The Balaban J connectivity index is 1.06. The van der Waals surface area contributed by atoms with Gasteiger partial charge in [0.25, 0.3) is 0 Å². The molecule has 8 nitrogen and oxygen atoms in total. The quantitative estimate of drug-likeness (QED) is 0.210. The van der Waals surface area contributed by atoms with Crippen LogP contribution in [0.4, 0.5) is 10.1 Å². The van der Waals surface area contributed by atoms with E-state index >= 15 is 0 Å². The molecule has 41 heavy (non-hydrogen) atoms. The van der Waals surface area contributed by atoms with Crippen molar-refractivity contribution in [3.05, 3.63) is 65.6 Å². The van der Waals surface area contributed by atoms with Crippen molar-refractivity contribution < 1.29 is 28.4 Å². The van der Waals surface area contributed by atoms with Crippen LogP contribution in [0.1, 0.15) is 57.7 Å². The highest BCUT2D eigenvalue weighted by atomic mass is 19.1. The lowest BCUT2D eigenvalue weighted by atomic mass is 9.58. The predicted octanol–water partition coefficient (Wildman–Crippen LogP) is 6.72. The maximum atomic E-state index is 14.2. The predicted molar refractivity (Wildman–Crippen MR) is 152 cm³/mol. The van der Waals surface area contributed by atoms with E-state index in [2.05, 4.69) is 29.4 Å². The molecule has 2 bridgehead atoms. The fraction of sp³-hybridized carbons (Fsp3) is 0.500. The highest BCUT2D eigenvalue weighted by Crippen LogP contribution is 2.60. The molecular formula is C32H36FN3O5. The molecule has 0 radical (unpaired) electrons. The number of benzene rings is 2. The smallest absolute Gasteiger partial charge is 0.205 e. The van der Waals surface area contributed by atoms with Gasteiger partial charge in [-0.3, -0.25) is 5.43 Å². The molecule has 4 aliphatic heterocycles. The van der Waals surface area contributed by atoms with Crippen molar-refractivity contribution in [2.45, 2.75) is 77.3 Å². The maximum Gasteiger partial charge on any atom is 0.205 e. The summed E-state index contributed by atoms with van der Waals surface area (Å²) >= 11 is 0. The molecule has 8 atom stereocenters. The lowest BCUT2D eigenvalue weighted by Gasteiger charge is -2.60. The standard InChI is InChI=1S/C32H36FN3O5/c1-18-8-13-25-20(3)29(38-30-32(25)24(18)14-15-31(4,39-30)40-41-32)37-22-11-9-21(10-12-22)17-34-36-27-16-19(2)35-28-23(27)6-5-7-26(28)33/h5-7,9-12,16-18,20,24-25,29-30H,8,13-15H2,1-4H3,(H,35,36)/b34-17+/t18-,20-,24+,25+,29+,30-,31-,32-/m1/s1. The Kier molecular flexibility index (Phi) is 6.54. The molecule has 2 aromatic carbocycles. The molecule has 1 aromatic heterocycles. The van der Waals surface area contributed by atoms with Crippen LogP contribution in [0.3, 0.4) is 0 Å². The largest absolute Gasteiger partial charge is 0.465 e. The number of nitrogens with zero attached hydrogens (tertiary/aromatic N) is 2. The Hall–Kier alpha value is -3.11. The number of aryl methyl sites for hydroxylation is 1. The van der Waals surface area contributed by atoms with Crippen LogP contribution in [0.25, 0.3) is 10.9 Å². The van der Waals surface area contributed by atoms with Crippen LogP contribution in [0.2, 0.25) is 0 Å². The molecular weight excluding hydrogens is 525 g/mol. The van der Waals surface area contributed by atoms with E-state index < -0.39 is 24.0 Å². The molecule has 1 spiro atoms. The van der Waals surface area contributed by atoms with Gasteiger partial charge in [-0.25, -0.2) is 19.1 Å². The van der Waals surface area contributed by atoms with Gasteiger partial charge in [-0.1, -0.05) is 26.0 Å². The average Bonchev–Trinajstić information content (AvgIpc) is 3.19. The molecule has 216 valence electrons. The number of hydrogen-bond donors (Lipinski definition) is 1. The number of aromatic nitrogens is 1. The summed E-state index contributed by atoms with van der Waals surface area (Å²) in [5, 5.41) is 5.06. The summed E-state index contributed by atoms with van der Waals surface area (Å²) in [5.41, 5.74) is 5.04. The van der Waals surface area contributed by atoms with Crippen LogP contribution in [0.5, 0.6) is 5.75 Å². The SMILES string of the molecule is Cc1cc(N/N=C/c2ccc(O[C@H]3O[C@@H]4O[C@@]5(C)CC[C@H]6[C@H](C)CC[C@@H]([C@H]3C)[C@@]46OO5)cc2)c2cccc(F)c2n1. The van der Waals surface area contributed by atoms with E-state index in [-0.39, 0.29) is 17.7 Å². The van der Waals surface area contributed by atoms with Crippen molar-refractivity contribution in [2.24, 2.45) is 28.8 Å². The van der Waals surface area contributed by atoms with Gasteiger partial charge in [0.1, 0.15) is 17.1 Å². The normalized spacial score (nSPS) is 36.2. The summed E-state index contributed by atoms with van der Waals surface area (Å²) < 4.78 is 33.6. The zero-order valence-corrected chi connectivity index (χ0v) is 23.8. The van der Waals surface area contributed by atoms with Gasteiger partial charge < -0.3 is 14.2 Å². The Morgan fingerprint density at radius 2 is 1.90 bits per heavy atom. The van der Waals surface area contributed by atoms with E-state index in [1.54, 1.807) is 12.3 Å². The lowest BCUT2D eigenvalue weighted by molar-refractivity contribution is -0.575. The molecule has 1 aliphatic carbocycles. The fourth-order valence-corrected chi connectivity index (χ4v) is 7.38. The van der Waals surface area contributed by atoms with Gasteiger partial charge in [-0.2, -0.15) is 5.10 Å². The summed E-state index contributed by atoms with van der Waals surface area (Å²) in [7, 11) is 0. The minimum atomic E-state index is -0.812. The second-order valence-corrected chi connectivity index (χ2v) is 12.3. The van der Waals surface area contributed by atoms with Crippen molar-refractivity contribution in [1.29, 1.82) is 0 Å². The van der Waals surface area contributed by atoms with Gasteiger partial charge >= 0.3 is 0 Å². The molecule has 1 saturated carbocycles. The van der Waals surface area contributed by atoms with Crippen molar-refractivity contribution in [2.75, 3.05) is 5.43 Å². The molecule has 0 unspecified atom stereocenters. The van der Waals surface area contributed by atoms with E-state index in [9.17, 15) is 4.39 Å². The highest BCUT2D eigenvalue weighted by molar-refractivity contribution is 5.92. The number of pyridine rings is 1. The number of fused-ring (bicyclic) bond motifs is 3. The Bertz CT molecular complexity index is 1480. The summed E-state index contributed by atoms with van der Waals surface area (Å²) in [4.78, 5) is 16.5. The number of nitrogens with one attached hydrogen (secondary N) is 1. The van der Waals surface area contributed by atoms with Gasteiger partial charge in [0.15, 0.2) is 11.9 Å². The minimum Gasteiger partial charge on any atom is -0.465 e. The van der Waals surface area contributed by atoms with Crippen LogP contribution in [0.15, 0.2) is 53.6 Å². The molecule has 5 heterocycles. The van der Waals surface area contributed by atoms with E-state index in [4.69, 9.17) is 24.0 Å². The number of hydrazone groups is 1. The second-order valence-electron chi connectivity index (χ2n) is 12.3. The second kappa shape index (κ2) is 10.0. The zero-order valence-electron chi connectivity index (χ0n) is 23.8. The minimum absolute atomic E-state index is 0.0878. The zero-order chi connectivity index (χ0) is 28.4. The fourth-order valence-electron chi connectivity index (χ4n) is 7.38. The Morgan fingerprint density at radius 1 is 1.07 bits per heavy atom. The van der Waals surface area contributed by atoms with Crippen molar-refractivity contribution >= 4 is 22.8 Å². The average molecular weight is 562 g/mol. The first-order valence-electron chi connectivity index (χ1n) is 14.6. The molecule has 5 aliphatic rings. The number of hydrogen-bond acceptors (Lipinski definition) is 8. The Morgan fingerprint density at radius 3 is 2.73 bits per heavy atom. The summed E-state index contributed by atoms with van der Waals surface area (Å²) in [6, 6.07) is 14.4. The van der Waals surface area contributed by atoms with E-state index in [0.29, 0.717) is 39.9 Å². The first kappa shape index (κ1) is 26.8. The van der Waals surface area contributed by atoms with Crippen molar-refractivity contribution in [1.82, 2.24) is 4.98 Å². The molecule has 8 rings (SSSR count). The van der Waals surface area contributed by atoms with Crippen LogP contribution in [-0.4, -0.2) is 35.2 Å².